The van der Waals surface area contributed by atoms with Gasteiger partial charge in [-0.2, -0.15) is 0 Å². The van der Waals surface area contributed by atoms with Gasteiger partial charge in [-0.15, -0.1) is 11.3 Å². The van der Waals surface area contributed by atoms with Gasteiger partial charge in [0.1, 0.15) is 6.04 Å². The third kappa shape index (κ3) is 2.85. The smallest absolute Gasteiger partial charge is 0.242 e. The van der Waals surface area contributed by atoms with E-state index in [1.807, 2.05) is 35.7 Å². The Bertz CT molecular complexity index is 831. The van der Waals surface area contributed by atoms with Gasteiger partial charge >= 0.3 is 0 Å². The highest BCUT2D eigenvalue weighted by molar-refractivity contribution is 7.10. The van der Waals surface area contributed by atoms with Crippen LogP contribution in [0.15, 0.2) is 53.9 Å². The molecule has 0 bridgehead atoms. The molecule has 5 heteroatoms. The van der Waals surface area contributed by atoms with E-state index >= 15 is 0 Å². The van der Waals surface area contributed by atoms with E-state index in [4.69, 9.17) is 4.98 Å². The molecule has 0 spiro atoms. The molecule has 23 heavy (non-hydrogen) atoms. The van der Waals surface area contributed by atoms with Crippen molar-refractivity contribution in [3.8, 4) is 0 Å². The number of para-hydroxylation sites is 1. The minimum absolute atomic E-state index is 0.0829. The molecule has 4 rings (SSSR count). The standard InChI is InChI=1S/C18H17N3OS/c22-18-17(16-6-3-11-23-16)21(10-9-19-18)12-14-8-7-13-4-1-2-5-15(13)20-14/h1-8,11,17H,9-10,12H2,(H,19,22)/t17-/m1/s1. The molecule has 1 fully saturated rings. The largest absolute Gasteiger partial charge is 0.353 e. The molecule has 1 aromatic carbocycles. The molecular formula is C18H17N3OS. The zero-order valence-corrected chi connectivity index (χ0v) is 13.4. The third-order valence-electron chi connectivity index (χ3n) is 4.15. The number of fused-ring (bicyclic) bond motifs is 1. The molecule has 3 aromatic rings. The minimum atomic E-state index is -0.211. The Kier molecular flexibility index (Phi) is 3.81. The maximum absolute atomic E-state index is 12.3. The van der Waals surface area contributed by atoms with Gasteiger partial charge in [0, 0.05) is 29.9 Å². The molecule has 4 nitrogen and oxygen atoms in total. The Hall–Kier alpha value is -2.24. The maximum atomic E-state index is 12.3. The Morgan fingerprint density at radius 2 is 2.09 bits per heavy atom. The topological polar surface area (TPSA) is 45.2 Å². The average Bonchev–Trinajstić information content (AvgIpc) is 3.09. The summed E-state index contributed by atoms with van der Waals surface area (Å²) in [6.45, 7) is 2.21. The van der Waals surface area contributed by atoms with Crippen molar-refractivity contribution < 1.29 is 4.79 Å². The molecule has 0 unspecified atom stereocenters. The zero-order valence-electron chi connectivity index (χ0n) is 12.6. The number of piperazine rings is 1. The van der Waals surface area contributed by atoms with Crippen molar-refractivity contribution in [2.45, 2.75) is 12.6 Å². The van der Waals surface area contributed by atoms with Crippen LogP contribution in [0.2, 0.25) is 0 Å². The molecular weight excluding hydrogens is 306 g/mol. The van der Waals surface area contributed by atoms with Gasteiger partial charge in [0.2, 0.25) is 5.91 Å². The van der Waals surface area contributed by atoms with Gasteiger partial charge in [0.25, 0.3) is 0 Å². The summed E-state index contributed by atoms with van der Waals surface area (Å²) in [6, 6.07) is 16.1. The van der Waals surface area contributed by atoms with Crippen LogP contribution in [0.4, 0.5) is 0 Å². The van der Waals surface area contributed by atoms with Gasteiger partial charge in [-0.05, 0) is 23.6 Å². The summed E-state index contributed by atoms with van der Waals surface area (Å²) in [5.74, 6) is 0.0829. The van der Waals surface area contributed by atoms with E-state index in [2.05, 4.69) is 28.4 Å². The number of hydrogen-bond donors (Lipinski definition) is 1. The summed E-state index contributed by atoms with van der Waals surface area (Å²) in [7, 11) is 0. The van der Waals surface area contributed by atoms with Crippen molar-refractivity contribution in [2.75, 3.05) is 13.1 Å². The van der Waals surface area contributed by atoms with Crippen molar-refractivity contribution >= 4 is 28.1 Å². The van der Waals surface area contributed by atoms with Crippen LogP contribution in [0.25, 0.3) is 10.9 Å². The molecule has 0 radical (unpaired) electrons. The summed E-state index contributed by atoms with van der Waals surface area (Å²) in [5, 5.41) is 6.13. The molecule has 3 heterocycles. The predicted octanol–water partition coefficient (Wildman–Crippen LogP) is 2.97. The Morgan fingerprint density at radius 1 is 1.17 bits per heavy atom. The number of amides is 1. The molecule has 1 N–H and O–H groups in total. The summed E-state index contributed by atoms with van der Waals surface area (Å²) in [4.78, 5) is 20.4. The van der Waals surface area contributed by atoms with Gasteiger partial charge in [0.15, 0.2) is 0 Å². The van der Waals surface area contributed by atoms with E-state index in [0.29, 0.717) is 13.1 Å². The fraction of sp³-hybridized carbons (Fsp3) is 0.222. The number of hydrogen-bond acceptors (Lipinski definition) is 4. The number of benzene rings is 1. The predicted molar refractivity (Wildman–Crippen MR) is 92.2 cm³/mol. The number of pyridine rings is 1. The first-order valence-corrected chi connectivity index (χ1v) is 8.59. The molecule has 116 valence electrons. The van der Waals surface area contributed by atoms with Crippen molar-refractivity contribution in [2.24, 2.45) is 0 Å². The van der Waals surface area contributed by atoms with Gasteiger partial charge in [-0.3, -0.25) is 14.7 Å². The van der Waals surface area contributed by atoms with Crippen LogP contribution >= 0.6 is 11.3 Å². The lowest BCUT2D eigenvalue weighted by Gasteiger charge is -2.34. The number of nitrogens with one attached hydrogen (secondary N) is 1. The summed E-state index contributed by atoms with van der Waals surface area (Å²) >= 11 is 1.63. The fourth-order valence-corrected chi connectivity index (χ4v) is 3.90. The molecule has 1 aliphatic rings. The number of aromatic nitrogens is 1. The molecule has 1 amide bonds. The van der Waals surface area contributed by atoms with Gasteiger partial charge in [0.05, 0.1) is 11.2 Å². The Morgan fingerprint density at radius 3 is 2.96 bits per heavy atom. The number of carbonyl (C=O) groups is 1. The maximum Gasteiger partial charge on any atom is 0.242 e. The third-order valence-corrected chi connectivity index (χ3v) is 5.07. The lowest BCUT2D eigenvalue weighted by Crippen LogP contribution is -2.49. The van der Waals surface area contributed by atoms with Crippen molar-refractivity contribution in [1.82, 2.24) is 15.2 Å². The number of nitrogens with zero attached hydrogens (tertiary/aromatic N) is 2. The van der Waals surface area contributed by atoms with Gasteiger partial charge < -0.3 is 5.32 Å². The quantitative estimate of drug-likeness (QED) is 0.806. The lowest BCUT2D eigenvalue weighted by atomic mass is 10.1. The van der Waals surface area contributed by atoms with Crippen LogP contribution in [0.3, 0.4) is 0 Å². The van der Waals surface area contributed by atoms with E-state index in [0.717, 1.165) is 28.0 Å². The minimum Gasteiger partial charge on any atom is -0.353 e. The van der Waals surface area contributed by atoms with Crippen molar-refractivity contribution in [3.05, 3.63) is 64.5 Å². The van der Waals surface area contributed by atoms with Crippen LogP contribution in [-0.4, -0.2) is 28.9 Å². The normalized spacial score (nSPS) is 19.0. The SMILES string of the molecule is O=C1NCCN(Cc2ccc3ccccc3n2)[C@@H]1c1cccs1. The first-order valence-electron chi connectivity index (χ1n) is 7.71. The molecule has 1 saturated heterocycles. The first kappa shape index (κ1) is 14.4. The average molecular weight is 323 g/mol. The molecule has 2 aromatic heterocycles. The Balaban J connectivity index is 1.63. The van der Waals surface area contributed by atoms with Crippen LogP contribution < -0.4 is 5.32 Å². The highest BCUT2D eigenvalue weighted by atomic mass is 32.1. The van der Waals surface area contributed by atoms with Crippen LogP contribution in [0, 0.1) is 0 Å². The summed E-state index contributed by atoms with van der Waals surface area (Å²) in [5.41, 5.74) is 2.00. The van der Waals surface area contributed by atoms with Crippen molar-refractivity contribution in [3.63, 3.8) is 0 Å². The zero-order chi connectivity index (χ0) is 15.6. The van der Waals surface area contributed by atoms with Crippen molar-refractivity contribution in [1.29, 1.82) is 0 Å². The highest BCUT2D eigenvalue weighted by Crippen LogP contribution is 2.28. The second kappa shape index (κ2) is 6.10. The molecule has 0 saturated carbocycles. The van der Waals surface area contributed by atoms with Gasteiger partial charge in [-0.1, -0.05) is 30.3 Å². The number of thiophene rings is 1. The van der Waals surface area contributed by atoms with Crippen LogP contribution in [0.1, 0.15) is 16.6 Å². The molecule has 0 aliphatic carbocycles. The van der Waals surface area contributed by atoms with E-state index in [1.165, 1.54) is 0 Å². The summed E-state index contributed by atoms with van der Waals surface area (Å²) in [6.07, 6.45) is 0. The highest BCUT2D eigenvalue weighted by Gasteiger charge is 2.31. The van der Waals surface area contributed by atoms with E-state index < -0.39 is 0 Å². The van der Waals surface area contributed by atoms with E-state index in [-0.39, 0.29) is 11.9 Å². The Labute approximate surface area is 138 Å². The molecule has 1 aliphatic heterocycles. The number of carbonyl (C=O) groups excluding carboxylic acids is 1. The summed E-state index contributed by atoms with van der Waals surface area (Å²) < 4.78 is 0. The second-order valence-corrected chi connectivity index (χ2v) is 6.65. The van der Waals surface area contributed by atoms with Crippen LogP contribution in [0.5, 0.6) is 0 Å². The second-order valence-electron chi connectivity index (χ2n) is 5.67. The van der Waals surface area contributed by atoms with Gasteiger partial charge in [-0.25, -0.2) is 0 Å². The number of rotatable bonds is 3. The fourth-order valence-electron chi connectivity index (χ4n) is 3.05. The molecule has 1 atom stereocenters. The van der Waals surface area contributed by atoms with E-state index in [1.54, 1.807) is 11.3 Å². The van der Waals surface area contributed by atoms with Crippen LogP contribution in [-0.2, 0) is 11.3 Å². The monoisotopic (exact) mass is 323 g/mol. The first-order chi connectivity index (χ1) is 11.3. The lowest BCUT2D eigenvalue weighted by molar-refractivity contribution is -0.129. The van der Waals surface area contributed by atoms with E-state index in [9.17, 15) is 4.79 Å².